The summed E-state index contributed by atoms with van der Waals surface area (Å²) in [7, 11) is 0. The van der Waals surface area contributed by atoms with Gasteiger partial charge in [-0.1, -0.05) is 78.9 Å². The standard InChI is InChI=1S/5C16H17N.C14H13N/c1-9-5-14-15(17-8-9)7-13-6-10(2)11(3)12(4)16(13)14;1-9-7-13-8-15-14(6-5-10(2)17-15)16(13)12(4)11(9)3;1-9-5-6-13-7-14-16(15(13)11(9)3)12(4)10(2)8-17-14;1-9-5-6-13-8-15-14(16(13)11(9)3)7-10(2)12(4)17-15;1-9-5-6-13-8-14-15(16(13)12(9)4)10(2)7-11(3)17-14;1-9-8-15-13-7-11-5-3-4-6-12(11)14(13)10(9)2/h5-6,8H,7H2,1-4H3;5-7H,8H2,1-4H3;5-6,8H,7H2,1-4H3;2*5-7H,8H2,1-4H3;3-6,8H,7H2,1-2H3. The van der Waals surface area contributed by atoms with E-state index in [0.717, 1.165) is 55.6 Å². The van der Waals surface area contributed by atoms with Gasteiger partial charge >= 0.3 is 0 Å². The molecule has 504 valence electrons. The van der Waals surface area contributed by atoms with Crippen LogP contribution in [0.1, 0.15) is 190 Å². The van der Waals surface area contributed by atoms with E-state index in [0.29, 0.717) is 0 Å². The predicted octanol–water partition coefficient (Wildman–Crippen LogP) is 22.7. The molecule has 0 radical (unpaired) electrons. The fraction of sp³-hybridized carbons (Fsp3) is 0.298. The molecule has 0 atom stereocenters. The summed E-state index contributed by atoms with van der Waals surface area (Å²) >= 11 is 0. The summed E-state index contributed by atoms with van der Waals surface area (Å²) in [5, 5.41) is 0. The molecule has 0 saturated carbocycles. The molecule has 18 rings (SSSR count). The normalized spacial score (nSPS) is 12.5. The first-order valence-electron chi connectivity index (χ1n) is 36.0. The van der Waals surface area contributed by atoms with E-state index in [4.69, 9.17) is 9.97 Å². The molecule has 6 aromatic heterocycles. The highest BCUT2D eigenvalue weighted by molar-refractivity contribution is 5.85. The molecule has 0 saturated heterocycles. The van der Waals surface area contributed by atoms with Crippen molar-refractivity contribution in [2.75, 3.05) is 0 Å². The number of rotatable bonds is 0. The van der Waals surface area contributed by atoms with Crippen LogP contribution in [0.15, 0.2) is 122 Å². The highest BCUT2D eigenvalue weighted by atomic mass is 14.7. The number of benzene rings is 6. The number of nitrogens with zero attached hydrogens (tertiary/aromatic N) is 6. The summed E-state index contributed by atoms with van der Waals surface area (Å²) in [4.78, 5) is 27.8. The molecule has 6 aromatic carbocycles. The van der Waals surface area contributed by atoms with Crippen LogP contribution in [-0.4, -0.2) is 29.9 Å². The molecule has 6 aliphatic carbocycles. The fourth-order valence-electron chi connectivity index (χ4n) is 16.4. The van der Waals surface area contributed by atoms with E-state index < -0.39 is 0 Å². The van der Waals surface area contributed by atoms with Crippen LogP contribution >= 0.6 is 0 Å². The molecule has 0 fully saturated rings. The zero-order chi connectivity index (χ0) is 71.2. The van der Waals surface area contributed by atoms with E-state index in [9.17, 15) is 0 Å². The van der Waals surface area contributed by atoms with Crippen LogP contribution in [0, 0.1) is 152 Å². The van der Waals surface area contributed by atoms with Crippen LogP contribution in [0.5, 0.6) is 0 Å². The minimum absolute atomic E-state index is 0.993. The Morgan fingerprint density at radius 2 is 0.660 bits per heavy atom. The van der Waals surface area contributed by atoms with Crippen molar-refractivity contribution in [3.63, 3.8) is 0 Å². The molecule has 6 heteroatoms. The van der Waals surface area contributed by atoms with Gasteiger partial charge in [0.15, 0.2) is 0 Å². The summed E-state index contributed by atoms with van der Waals surface area (Å²) in [5.41, 5.74) is 62.2. The van der Waals surface area contributed by atoms with Crippen LogP contribution in [0.2, 0.25) is 0 Å². The quantitative estimate of drug-likeness (QED) is 0.151. The molecular weight excluding hydrogens is 1210 g/mol. The van der Waals surface area contributed by atoms with Crippen molar-refractivity contribution in [1.82, 2.24) is 29.9 Å². The second kappa shape index (κ2) is 27.0. The summed E-state index contributed by atoms with van der Waals surface area (Å²) in [6, 6.07) is 37.8. The smallest absolute Gasteiger partial charge is 0.0531 e. The molecule has 12 aromatic rings. The van der Waals surface area contributed by atoms with Crippen molar-refractivity contribution in [2.45, 2.75) is 191 Å². The van der Waals surface area contributed by atoms with Gasteiger partial charge in [-0.05, 0) is 349 Å². The topological polar surface area (TPSA) is 77.3 Å². The average molecular weight is 1310 g/mol. The number of fused-ring (bicyclic) bond motifs is 18. The lowest BCUT2D eigenvalue weighted by atomic mass is 9.93. The van der Waals surface area contributed by atoms with Crippen molar-refractivity contribution >= 4 is 0 Å². The predicted molar refractivity (Wildman–Crippen MR) is 419 cm³/mol. The molecule has 6 aliphatic rings. The summed E-state index contributed by atoms with van der Waals surface area (Å²) in [6.45, 7) is 47.9. The number of hydrogen-bond donors (Lipinski definition) is 0. The van der Waals surface area contributed by atoms with Gasteiger partial charge in [-0.15, -0.1) is 0 Å². The lowest BCUT2D eigenvalue weighted by Crippen LogP contribution is -1.93. The van der Waals surface area contributed by atoms with Crippen molar-refractivity contribution < 1.29 is 0 Å². The molecule has 6 nitrogen and oxygen atoms in total. The van der Waals surface area contributed by atoms with E-state index in [-0.39, 0.29) is 0 Å². The largest absolute Gasteiger partial charge is 0.260 e. The van der Waals surface area contributed by atoms with E-state index >= 15 is 0 Å². The first-order chi connectivity index (χ1) is 47.7. The molecule has 0 N–H and O–H groups in total. The number of aryl methyl sites for hydroxylation is 13. The lowest BCUT2D eigenvalue weighted by Gasteiger charge is -2.11. The Morgan fingerprint density at radius 3 is 1.28 bits per heavy atom. The van der Waals surface area contributed by atoms with Crippen molar-refractivity contribution in [3.8, 4) is 66.8 Å². The van der Waals surface area contributed by atoms with Gasteiger partial charge in [0.2, 0.25) is 0 Å². The van der Waals surface area contributed by atoms with Crippen LogP contribution in [0.4, 0.5) is 0 Å². The number of pyridine rings is 6. The van der Waals surface area contributed by atoms with E-state index in [1.54, 1.807) is 0 Å². The summed E-state index contributed by atoms with van der Waals surface area (Å²) in [6.07, 6.45) is 11.9. The Hall–Kier alpha value is -9.78. The van der Waals surface area contributed by atoms with Crippen molar-refractivity contribution in [3.05, 3.63) is 312 Å². The van der Waals surface area contributed by atoms with E-state index in [2.05, 4.69) is 275 Å². The Labute approximate surface area is 596 Å². The molecule has 0 spiro atoms. The monoisotopic (exact) mass is 1310 g/mol. The second-order valence-corrected chi connectivity index (χ2v) is 29.8. The molecule has 0 unspecified atom stereocenters. The molecule has 100 heavy (non-hydrogen) atoms. The van der Waals surface area contributed by atoms with Gasteiger partial charge in [0, 0.05) is 108 Å². The maximum absolute atomic E-state index is 4.74. The first-order valence-corrected chi connectivity index (χ1v) is 36.0. The van der Waals surface area contributed by atoms with Gasteiger partial charge in [-0.3, -0.25) is 29.9 Å². The maximum atomic E-state index is 4.74. The minimum atomic E-state index is 0.993. The Kier molecular flexibility index (Phi) is 18.6. The van der Waals surface area contributed by atoms with Crippen LogP contribution < -0.4 is 0 Å². The minimum Gasteiger partial charge on any atom is -0.260 e. The fourth-order valence-corrected chi connectivity index (χ4v) is 16.4. The zero-order valence-electron chi connectivity index (χ0n) is 63.5. The molecule has 6 heterocycles. The summed E-state index contributed by atoms with van der Waals surface area (Å²) < 4.78 is 0. The highest BCUT2D eigenvalue weighted by Gasteiger charge is 2.29. The highest BCUT2D eigenvalue weighted by Crippen LogP contribution is 2.46. The van der Waals surface area contributed by atoms with Crippen LogP contribution in [0.3, 0.4) is 0 Å². The molecule has 0 amide bonds. The third-order valence-electron chi connectivity index (χ3n) is 23.2. The third kappa shape index (κ3) is 12.4. The first kappa shape index (κ1) is 68.7. The van der Waals surface area contributed by atoms with Gasteiger partial charge in [0.1, 0.15) is 0 Å². The number of hydrogen-bond acceptors (Lipinski definition) is 6. The van der Waals surface area contributed by atoms with Gasteiger partial charge in [0.25, 0.3) is 0 Å². The SMILES string of the molecule is Cc1cc(C)c2c(n1)Cc1ccc(C)c(C)c1-2.Cc1cc2c(nc1C)Cc1ccc(C)c(C)c1-2.Cc1ccc2c(c1C)-c1c(ncc(C)c1C)C2.Cc1ccc2c(n1)Cc1cc(C)c(C)c(C)c1-2.Cc1cnc2c(c1)-c1c(cc(C)c(C)c1C)C2.Cc1cnc2c(c1C)-c1ccccc1C2. The van der Waals surface area contributed by atoms with E-state index in [1.807, 2.05) is 18.6 Å². The molecule has 0 bridgehead atoms. The van der Waals surface area contributed by atoms with Gasteiger partial charge in [-0.2, -0.15) is 0 Å². The Morgan fingerprint density at radius 1 is 0.220 bits per heavy atom. The average Bonchev–Trinajstić information content (AvgIpc) is 1.64. The van der Waals surface area contributed by atoms with Crippen LogP contribution in [0.25, 0.3) is 66.8 Å². The van der Waals surface area contributed by atoms with E-state index in [1.165, 1.54) is 240 Å². The third-order valence-corrected chi connectivity index (χ3v) is 23.2. The Bertz CT molecular complexity index is 5330. The van der Waals surface area contributed by atoms with Crippen LogP contribution in [-0.2, 0) is 38.5 Å². The van der Waals surface area contributed by atoms with Crippen molar-refractivity contribution in [1.29, 1.82) is 0 Å². The molecular formula is C94H98N6. The van der Waals surface area contributed by atoms with Crippen molar-refractivity contribution in [2.24, 2.45) is 0 Å². The lowest BCUT2D eigenvalue weighted by molar-refractivity contribution is 1.05. The number of aromatic nitrogens is 6. The summed E-state index contributed by atoms with van der Waals surface area (Å²) in [5.74, 6) is 0. The van der Waals surface area contributed by atoms with Gasteiger partial charge < -0.3 is 0 Å². The van der Waals surface area contributed by atoms with Gasteiger partial charge in [0.05, 0.1) is 34.2 Å². The molecule has 0 aliphatic heterocycles. The second-order valence-electron chi connectivity index (χ2n) is 29.8. The maximum Gasteiger partial charge on any atom is 0.0531 e. The Balaban J connectivity index is 0.000000108. The zero-order valence-corrected chi connectivity index (χ0v) is 63.5. The van der Waals surface area contributed by atoms with Gasteiger partial charge in [-0.25, -0.2) is 0 Å².